The van der Waals surface area contributed by atoms with Gasteiger partial charge in [0, 0.05) is 23.4 Å². The van der Waals surface area contributed by atoms with E-state index in [0.29, 0.717) is 46.8 Å². The van der Waals surface area contributed by atoms with E-state index in [0.717, 1.165) is 11.3 Å². The minimum Gasteiger partial charge on any atom is -0.478 e. The standard InChI is InChI=1S/C33H41N5O5/c1-20-29(38-32(2,3)4)37-27-22(14-11-15-24(27)34-20)26-18-23(30(39)40)28(35-26)25(36-31(41)43-33(5,6)7)16-17-42-19-21-12-9-8-10-13-21/h8-15,18,25,35H,16-17,19H2,1-7H3,(H,36,41)(H,37,38)(H,39,40). The molecule has 0 fully saturated rings. The summed E-state index contributed by atoms with van der Waals surface area (Å²) < 4.78 is 11.4. The summed E-state index contributed by atoms with van der Waals surface area (Å²) in [4.78, 5) is 38.3. The number of benzene rings is 2. The van der Waals surface area contributed by atoms with E-state index in [-0.39, 0.29) is 17.7 Å². The number of carbonyl (C=O) groups is 2. The number of alkyl carbamates (subject to hydrolysis) is 1. The highest BCUT2D eigenvalue weighted by Gasteiger charge is 2.27. The maximum atomic E-state index is 12.9. The maximum Gasteiger partial charge on any atom is 0.408 e. The zero-order valence-corrected chi connectivity index (χ0v) is 25.9. The molecular weight excluding hydrogens is 546 g/mol. The molecule has 1 amide bonds. The van der Waals surface area contributed by atoms with Crippen LogP contribution in [0.15, 0.2) is 54.6 Å². The van der Waals surface area contributed by atoms with Gasteiger partial charge >= 0.3 is 12.1 Å². The maximum absolute atomic E-state index is 12.9. The van der Waals surface area contributed by atoms with Crippen molar-refractivity contribution in [3.63, 3.8) is 0 Å². The summed E-state index contributed by atoms with van der Waals surface area (Å²) in [5.41, 5.74) is 3.70. The third-order valence-corrected chi connectivity index (χ3v) is 6.43. The van der Waals surface area contributed by atoms with Gasteiger partial charge in [0.25, 0.3) is 0 Å². The minimum absolute atomic E-state index is 0.0317. The quantitative estimate of drug-likeness (QED) is 0.145. The molecule has 2 aromatic carbocycles. The molecule has 1 atom stereocenters. The number of para-hydroxylation sites is 1. The molecule has 1 unspecified atom stereocenters. The third kappa shape index (κ3) is 8.54. The first-order chi connectivity index (χ1) is 20.2. The van der Waals surface area contributed by atoms with Gasteiger partial charge in [0.1, 0.15) is 16.9 Å². The molecule has 0 bridgehead atoms. The van der Waals surface area contributed by atoms with Crippen molar-refractivity contribution < 1.29 is 24.2 Å². The van der Waals surface area contributed by atoms with Crippen molar-refractivity contribution in [3.05, 3.63) is 77.1 Å². The van der Waals surface area contributed by atoms with E-state index < -0.39 is 23.7 Å². The van der Waals surface area contributed by atoms with E-state index >= 15 is 0 Å². The molecule has 0 radical (unpaired) electrons. The van der Waals surface area contributed by atoms with Crippen molar-refractivity contribution in [2.45, 2.75) is 78.7 Å². The van der Waals surface area contributed by atoms with Crippen molar-refractivity contribution in [2.24, 2.45) is 0 Å². The molecular formula is C33H41N5O5. The lowest BCUT2D eigenvalue weighted by atomic mass is 10.1. The Bertz CT molecular complexity index is 1590. The molecule has 0 saturated heterocycles. The van der Waals surface area contributed by atoms with Gasteiger partial charge in [0.2, 0.25) is 0 Å². The molecule has 0 aliphatic heterocycles. The van der Waals surface area contributed by atoms with Crippen molar-refractivity contribution in [1.29, 1.82) is 0 Å². The molecule has 4 N–H and O–H groups in total. The number of rotatable bonds is 10. The predicted molar refractivity (Wildman–Crippen MR) is 167 cm³/mol. The summed E-state index contributed by atoms with van der Waals surface area (Å²) in [5.74, 6) is -0.478. The van der Waals surface area contributed by atoms with Crippen LogP contribution in [0.5, 0.6) is 0 Å². The van der Waals surface area contributed by atoms with E-state index in [4.69, 9.17) is 19.4 Å². The van der Waals surface area contributed by atoms with Crippen LogP contribution < -0.4 is 10.6 Å². The van der Waals surface area contributed by atoms with Gasteiger partial charge in [-0.05, 0) is 72.6 Å². The van der Waals surface area contributed by atoms with Crippen LogP contribution in [0.25, 0.3) is 22.3 Å². The van der Waals surface area contributed by atoms with Crippen LogP contribution in [0.1, 0.15) is 81.3 Å². The van der Waals surface area contributed by atoms with Crippen LogP contribution in [-0.2, 0) is 16.1 Å². The number of aromatic carboxylic acids is 1. The summed E-state index contributed by atoms with van der Waals surface area (Å²) in [6, 6.07) is 16.2. The number of aromatic nitrogens is 3. The Morgan fingerprint density at radius 3 is 2.37 bits per heavy atom. The molecule has 2 aromatic heterocycles. The first-order valence-corrected chi connectivity index (χ1v) is 14.3. The Morgan fingerprint density at radius 1 is 1.00 bits per heavy atom. The number of aryl methyl sites for hydroxylation is 1. The SMILES string of the molecule is Cc1nc2cccc(-c3cc(C(=O)O)c(C(CCOCc4ccccc4)NC(=O)OC(C)(C)C)[nH]3)c2nc1NC(C)(C)C. The monoisotopic (exact) mass is 587 g/mol. The van der Waals surface area contributed by atoms with Gasteiger partial charge < -0.3 is 30.2 Å². The lowest BCUT2D eigenvalue weighted by Crippen LogP contribution is -2.36. The van der Waals surface area contributed by atoms with Crippen molar-refractivity contribution >= 4 is 28.9 Å². The van der Waals surface area contributed by atoms with Gasteiger partial charge in [-0.25, -0.2) is 19.6 Å². The summed E-state index contributed by atoms with van der Waals surface area (Å²) in [6.45, 7) is 14.0. The highest BCUT2D eigenvalue weighted by atomic mass is 16.6. The molecule has 0 spiro atoms. The number of carboxylic acids is 1. The number of aromatic amines is 1. The van der Waals surface area contributed by atoms with Gasteiger partial charge in [-0.2, -0.15) is 0 Å². The number of carbonyl (C=O) groups excluding carboxylic acids is 1. The van der Waals surface area contributed by atoms with Crippen LogP contribution >= 0.6 is 0 Å². The van der Waals surface area contributed by atoms with Gasteiger partial charge in [-0.3, -0.25) is 0 Å². The second-order valence-electron chi connectivity index (χ2n) is 12.5. The fourth-order valence-corrected chi connectivity index (χ4v) is 4.63. The summed E-state index contributed by atoms with van der Waals surface area (Å²) in [6.07, 6.45) is -0.349. The van der Waals surface area contributed by atoms with Gasteiger partial charge in [0.05, 0.1) is 35.1 Å². The Hall–Kier alpha value is -4.44. The average molecular weight is 588 g/mol. The van der Waals surface area contributed by atoms with E-state index in [1.165, 1.54) is 0 Å². The molecule has 10 nitrogen and oxygen atoms in total. The number of anilines is 1. The Labute approximate surface area is 252 Å². The normalized spacial score (nSPS) is 12.6. The molecule has 0 saturated carbocycles. The number of ether oxygens (including phenoxy) is 2. The van der Waals surface area contributed by atoms with Crippen LogP contribution in [0, 0.1) is 6.92 Å². The lowest BCUT2D eigenvalue weighted by Gasteiger charge is -2.24. The number of fused-ring (bicyclic) bond motifs is 1. The average Bonchev–Trinajstić information content (AvgIpc) is 3.35. The number of amides is 1. The lowest BCUT2D eigenvalue weighted by molar-refractivity contribution is 0.0476. The molecule has 2 heterocycles. The predicted octanol–water partition coefficient (Wildman–Crippen LogP) is 7.01. The van der Waals surface area contributed by atoms with Gasteiger partial charge in [-0.1, -0.05) is 42.5 Å². The smallest absolute Gasteiger partial charge is 0.408 e. The zero-order valence-electron chi connectivity index (χ0n) is 25.9. The molecule has 228 valence electrons. The fourth-order valence-electron chi connectivity index (χ4n) is 4.63. The summed E-state index contributed by atoms with van der Waals surface area (Å²) >= 11 is 0. The van der Waals surface area contributed by atoms with E-state index in [9.17, 15) is 14.7 Å². The summed E-state index contributed by atoms with van der Waals surface area (Å²) in [5, 5.41) is 16.5. The van der Waals surface area contributed by atoms with Crippen LogP contribution in [0.3, 0.4) is 0 Å². The highest BCUT2D eigenvalue weighted by molar-refractivity contribution is 5.96. The molecule has 4 aromatic rings. The number of hydrogen-bond acceptors (Lipinski definition) is 7. The summed E-state index contributed by atoms with van der Waals surface area (Å²) in [7, 11) is 0. The van der Waals surface area contributed by atoms with E-state index in [1.54, 1.807) is 26.8 Å². The number of hydrogen-bond donors (Lipinski definition) is 4. The molecule has 4 rings (SSSR count). The number of H-pyrrole nitrogens is 1. The Morgan fingerprint density at radius 2 is 1.72 bits per heavy atom. The van der Waals surface area contributed by atoms with Gasteiger partial charge in [-0.15, -0.1) is 0 Å². The van der Waals surface area contributed by atoms with Crippen molar-refractivity contribution in [3.8, 4) is 11.3 Å². The number of carboxylic acid groups (broad SMARTS) is 1. The zero-order chi connectivity index (χ0) is 31.4. The fraction of sp³-hybridized carbons (Fsp3) is 0.394. The molecule has 0 aliphatic carbocycles. The van der Waals surface area contributed by atoms with E-state index in [2.05, 4.69) is 15.6 Å². The second kappa shape index (κ2) is 12.8. The largest absolute Gasteiger partial charge is 0.478 e. The van der Waals surface area contributed by atoms with E-state index in [1.807, 2.05) is 76.2 Å². The van der Waals surface area contributed by atoms with Crippen molar-refractivity contribution in [1.82, 2.24) is 20.3 Å². The highest BCUT2D eigenvalue weighted by Crippen LogP contribution is 2.32. The third-order valence-electron chi connectivity index (χ3n) is 6.43. The first kappa shape index (κ1) is 31.5. The first-order valence-electron chi connectivity index (χ1n) is 14.3. The molecule has 10 heteroatoms. The topological polar surface area (TPSA) is 138 Å². The Kier molecular flexibility index (Phi) is 9.40. The number of nitrogens with zero attached hydrogens (tertiary/aromatic N) is 2. The van der Waals surface area contributed by atoms with Crippen molar-refractivity contribution in [2.75, 3.05) is 11.9 Å². The minimum atomic E-state index is -1.13. The molecule has 43 heavy (non-hydrogen) atoms. The van der Waals surface area contributed by atoms with Crippen LogP contribution in [0.4, 0.5) is 10.6 Å². The molecule has 0 aliphatic rings. The van der Waals surface area contributed by atoms with Gasteiger partial charge in [0.15, 0.2) is 0 Å². The number of nitrogens with one attached hydrogen (secondary N) is 3. The second-order valence-corrected chi connectivity index (χ2v) is 12.5. The van der Waals surface area contributed by atoms with Crippen LogP contribution in [-0.4, -0.2) is 49.9 Å². The Balaban J connectivity index is 1.71. The van der Waals surface area contributed by atoms with Crippen LogP contribution in [0.2, 0.25) is 0 Å².